The highest BCUT2D eigenvalue weighted by Gasteiger charge is 2.24. The predicted octanol–water partition coefficient (Wildman–Crippen LogP) is 16.2. The molecule has 0 N–H and O–H groups in total. The lowest BCUT2D eigenvalue weighted by molar-refractivity contribution is 0.985. The summed E-state index contributed by atoms with van der Waals surface area (Å²) in [6.45, 7) is 0. The Hall–Kier alpha value is -8.71. The molecule has 0 aliphatic heterocycles. The summed E-state index contributed by atoms with van der Waals surface area (Å²) in [5.74, 6) is 1.91. The Morgan fingerprint density at radius 1 is 0.333 bits per heavy atom. The van der Waals surface area contributed by atoms with Crippen molar-refractivity contribution in [1.82, 2.24) is 15.0 Å². The third kappa shape index (κ3) is 8.16. The average molecular weight is 842 g/mol. The summed E-state index contributed by atoms with van der Waals surface area (Å²) in [6, 6.07) is 72.2. The van der Waals surface area contributed by atoms with E-state index in [0.29, 0.717) is 17.5 Å². The molecule has 66 heavy (non-hydrogen) atoms. The molecule has 3 heteroatoms. The van der Waals surface area contributed by atoms with Crippen LogP contribution in [-0.4, -0.2) is 15.0 Å². The van der Waals surface area contributed by atoms with Gasteiger partial charge in [0, 0.05) is 16.7 Å². The van der Waals surface area contributed by atoms with E-state index in [1.54, 1.807) is 0 Å². The van der Waals surface area contributed by atoms with E-state index < -0.39 is 0 Å². The van der Waals surface area contributed by atoms with Crippen LogP contribution in [0.15, 0.2) is 248 Å². The van der Waals surface area contributed by atoms with Crippen molar-refractivity contribution in [3.05, 3.63) is 260 Å². The highest BCUT2D eigenvalue weighted by Crippen LogP contribution is 2.50. The third-order valence-electron chi connectivity index (χ3n) is 12.2. The van der Waals surface area contributed by atoms with Crippen molar-refractivity contribution >= 4 is 11.1 Å². The summed E-state index contributed by atoms with van der Waals surface area (Å²) >= 11 is 0. The van der Waals surface area contributed by atoms with E-state index in [1.807, 2.05) is 18.2 Å². The molecule has 8 aromatic carbocycles. The van der Waals surface area contributed by atoms with Gasteiger partial charge in [0.2, 0.25) is 0 Å². The predicted molar refractivity (Wildman–Crippen MR) is 274 cm³/mol. The molecule has 0 radical (unpaired) electrons. The molecular formula is C63H43N3. The van der Waals surface area contributed by atoms with Crippen molar-refractivity contribution in [2.45, 2.75) is 12.8 Å². The minimum absolute atomic E-state index is 0.615. The fourth-order valence-corrected chi connectivity index (χ4v) is 9.07. The van der Waals surface area contributed by atoms with Crippen LogP contribution < -0.4 is 0 Å². The minimum Gasteiger partial charge on any atom is -0.208 e. The number of rotatable bonds is 10. The first kappa shape index (κ1) is 40.1. The van der Waals surface area contributed by atoms with Crippen LogP contribution >= 0.6 is 0 Å². The molecule has 310 valence electrons. The highest BCUT2D eigenvalue weighted by atomic mass is 15.0. The third-order valence-corrected chi connectivity index (χ3v) is 12.2. The maximum atomic E-state index is 5.03. The van der Waals surface area contributed by atoms with Crippen LogP contribution in [0.1, 0.15) is 24.5 Å². The number of benzene rings is 8. The fraction of sp³-hybridized carbons (Fsp3) is 0.0317. The van der Waals surface area contributed by atoms with Crippen molar-refractivity contribution < 1.29 is 0 Å². The van der Waals surface area contributed by atoms with Gasteiger partial charge in [0.25, 0.3) is 0 Å². The van der Waals surface area contributed by atoms with Crippen LogP contribution in [0.2, 0.25) is 0 Å². The first-order valence-electron chi connectivity index (χ1n) is 22.5. The van der Waals surface area contributed by atoms with E-state index in [-0.39, 0.29) is 0 Å². The Kier molecular flexibility index (Phi) is 11.0. The molecule has 0 amide bonds. The lowest BCUT2D eigenvalue weighted by Crippen LogP contribution is -2.05. The van der Waals surface area contributed by atoms with Gasteiger partial charge in [-0.15, -0.1) is 0 Å². The normalized spacial score (nSPS) is 12.8. The number of nitrogens with zero attached hydrogens (tertiary/aromatic N) is 3. The summed E-state index contributed by atoms with van der Waals surface area (Å²) < 4.78 is 0. The Balaban J connectivity index is 1.04. The first-order valence-corrected chi connectivity index (χ1v) is 22.5. The molecule has 0 atom stereocenters. The van der Waals surface area contributed by atoms with Crippen molar-refractivity contribution in [1.29, 1.82) is 0 Å². The maximum Gasteiger partial charge on any atom is 0.164 e. The van der Waals surface area contributed by atoms with Crippen LogP contribution in [0.4, 0.5) is 0 Å². The molecule has 1 heterocycles. The zero-order valence-electron chi connectivity index (χ0n) is 36.3. The minimum atomic E-state index is 0.615. The Labute approximate surface area is 386 Å². The van der Waals surface area contributed by atoms with Crippen molar-refractivity contribution in [2.75, 3.05) is 0 Å². The molecule has 9 aromatic rings. The number of hydrogen-bond donors (Lipinski definition) is 0. The van der Waals surface area contributed by atoms with Crippen molar-refractivity contribution in [3.63, 3.8) is 0 Å². The van der Waals surface area contributed by atoms with E-state index in [0.717, 1.165) is 57.4 Å². The SMILES string of the molecule is C1=C=CC(c2nc(C3=CCCC=C3)nc(-c3cccc(-c4cccc(-c5cccc(-c6cc(-c7ccccc7)c(-c7ccccc7)c(-c7ccccc7)c6-c6ccccc6)c5)c4)c3)n2)=CC=1. The smallest absolute Gasteiger partial charge is 0.164 e. The van der Waals surface area contributed by atoms with Gasteiger partial charge < -0.3 is 0 Å². The molecular weight excluding hydrogens is 799 g/mol. The van der Waals surface area contributed by atoms with Gasteiger partial charge in [-0.1, -0.05) is 206 Å². The molecule has 0 spiro atoms. The van der Waals surface area contributed by atoms with Gasteiger partial charge in [-0.3, -0.25) is 0 Å². The van der Waals surface area contributed by atoms with Gasteiger partial charge in [-0.2, -0.15) is 0 Å². The summed E-state index contributed by atoms with van der Waals surface area (Å²) in [6.07, 6.45) is 14.2. The zero-order valence-corrected chi connectivity index (χ0v) is 36.3. The second kappa shape index (κ2) is 18.2. The first-order chi connectivity index (χ1) is 32.7. The van der Waals surface area contributed by atoms with Gasteiger partial charge >= 0.3 is 0 Å². The Bertz CT molecular complexity index is 3460. The molecule has 0 saturated carbocycles. The monoisotopic (exact) mass is 841 g/mol. The van der Waals surface area contributed by atoms with Gasteiger partial charge in [0.1, 0.15) is 0 Å². The van der Waals surface area contributed by atoms with Gasteiger partial charge in [-0.05, 0) is 133 Å². The molecule has 11 rings (SSSR count). The van der Waals surface area contributed by atoms with Gasteiger partial charge in [-0.25, -0.2) is 15.0 Å². The molecule has 0 bridgehead atoms. The quantitative estimate of drug-likeness (QED) is 0.129. The topological polar surface area (TPSA) is 38.7 Å². The lowest BCUT2D eigenvalue weighted by Gasteiger charge is -2.24. The number of aromatic nitrogens is 3. The molecule has 3 nitrogen and oxygen atoms in total. The van der Waals surface area contributed by atoms with E-state index in [4.69, 9.17) is 15.0 Å². The number of hydrogen-bond acceptors (Lipinski definition) is 3. The lowest BCUT2D eigenvalue weighted by atomic mass is 9.78. The molecule has 1 aromatic heterocycles. The van der Waals surface area contributed by atoms with E-state index in [9.17, 15) is 0 Å². The van der Waals surface area contributed by atoms with Crippen LogP contribution in [0.3, 0.4) is 0 Å². The van der Waals surface area contributed by atoms with Crippen LogP contribution in [0.25, 0.3) is 100 Å². The van der Waals surface area contributed by atoms with E-state index in [2.05, 4.69) is 230 Å². The van der Waals surface area contributed by atoms with Gasteiger partial charge in [0.15, 0.2) is 17.5 Å². The average Bonchev–Trinajstić information content (AvgIpc) is 3.41. The van der Waals surface area contributed by atoms with E-state index in [1.165, 1.54) is 50.1 Å². The van der Waals surface area contributed by atoms with Crippen LogP contribution in [0, 0.1) is 0 Å². The molecule has 0 saturated heterocycles. The zero-order chi connectivity index (χ0) is 44.1. The molecule has 2 aliphatic carbocycles. The second-order valence-corrected chi connectivity index (χ2v) is 16.5. The van der Waals surface area contributed by atoms with E-state index >= 15 is 0 Å². The molecule has 0 unspecified atom stereocenters. The maximum absolute atomic E-state index is 5.03. The Morgan fingerprint density at radius 3 is 1.30 bits per heavy atom. The summed E-state index contributed by atoms with van der Waals surface area (Å²) in [4.78, 5) is 14.9. The van der Waals surface area contributed by atoms with Crippen LogP contribution in [0.5, 0.6) is 0 Å². The van der Waals surface area contributed by atoms with Gasteiger partial charge in [0.05, 0.1) is 0 Å². The highest BCUT2D eigenvalue weighted by molar-refractivity contribution is 6.07. The largest absolute Gasteiger partial charge is 0.208 e. The van der Waals surface area contributed by atoms with Crippen LogP contribution in [-0.2, 0) is 0 Å². The van der Waals surface area contributed by atoms with Crippen molar-refractivity contribution in [2.24, 2.45) is 0 Å². The summed E-state index contributed by atoms with van der Waals surface area (Å²) in [5, 5.41) is 0. The number of allylic oxidation sites excluding steroid dienone is 8. The Morgan fingerprint density at radius 2 is 0.773 bits per heavy atom. The molecule has 2 aliphatic rings. The fourth-order valence-electron chi connectivity index (χ4n) is 9.07. The van der Waals surface area contributed by atoms with Crippen molar-refractivity contribution in [3.8, 4) is 89.3 Å². The summed E-state index contributed by atoms with van der Waals surface area (Å²) in [5.41, 5.74) is 25.1. The molecule has 0 fully saturated rings. The second-order valence-electron chi connectivity index (χ2n) is 16.5. The summed E-state index contributed by atoms with van der Waals surface area (Å²) in [7, 11) is 0. The standard InChI is InChI=1S/C63H43N3/c1-7-22-44(23-8-1)56-43-57(59(46-26-11-3-12-27-46)60(47-28-13-4-14-29-47)58(56)45-24-9-2-10-25-45)54-38-20-36-52(41-54)50-34-19-35-51(40-50)53-37-21-39-55(42-53)63-65-61(48-30-15-5-16-31-48)64-62(66-63)49-32-17-6-18-33-49/h1-4,7-15,17,19-43H,5,16H2.